The van der Waals surface area contributed by atoms with E-state index >= 15 is 0 Å². The van der Waals surface area contributed by atoms with Crippen LogP contribution in [0, 0.1) is 0 Å². The fraction of sp³-hybridized carbons (Fsp3) is 1.00. The summed E-state index contributed by atoms with van der Waals surface area (Å²) in [4.78, 5) is 0. The topological polar surface area (TPSA) is 27.6 Å². The minimum atomic E-state index is 0.983. The van der Waals surface area contributed by atoms with Gasteiger partial charge in [0.25, 0.3) is 0 Å². The SMILES string of the molecule is [NH3+]CC[SH2+]. The fourth-order valence-corrected chi connectivity index (χ4v) is 0. The van der Waals surface area contributed by atoms with Crippen LogP contribution in [-0.4, -0.2) is 12.3 Å². The first-order valence-electron chi connectivity index (χ1n) is 1.35. The number of hydrogen-bond donors (Lipinski definition) is 1. The Morgan fingerprint density at radius 2 is 2.00 bits per heavy atom. The molecule has 0 aliphatic carbocycles. The maximum Gasteiger partial charge on any atom is 0.152 e. The smallest absolute Gasteiger partial charge is 0.152 e. The molecule has 0 aromatic heterocycles. The predicted molar refractivity (Wildman–Crippen MR) is 22.8 cm³/mol. The van der Waals surface area contributed by atoms with Crippen molar-refractivity contribution in [1.82, 2.24) is 0 Å². The lowest BCUT2D eigenvalue weighted by molar-refractivity contribution is -0.360. The molecule has 0 fully saturated rings. The quantitative estimate of drug-likeness (QED) is 0.361. The largest absolute Gasteiger partial charge is 0.354 e. The van der Waals surface area contributed by atoms with E-state index in [1.165, 1.54) is 0 Å². The average Bonchev–Trinajstić information content (AvgIpc) is 1.37. The summed E-state index contributed by atoms with van der Waals surface area (Å²) in [5.74, 6) is 1.01. The molecule has 0 aliphatic rings. The second kappa shape index (κ2) is 3.31. The third-order valence-corrected chi connectivity index (χ3v) is 0.530. The molecule has 26 valence electrons. The van der Waals surface area contributed by atoms with E-state index in [0.717, 1.165) is 12.3 Å². The normalized spacial score (nSPS) is 7.50. The molecule has 4 heavy (non-hydrogen) atoms. The van der Waals surface area contributed by atoms with E-state index in [1.807, 2.05) is 0 Å². The van der Waals surface area contributed by atoms with Crippen LogP contribution < -0.4 is 5.73 Å². The van der Waals surface area contributed by atoms with Crippen LogP contribution in [0.25, 0.3) is 0 Å². The Morgan fingerprint density at radius 3 is 2.00 bits per heavy atom. The van der Waals surface area contributed by atoms with Gasteiger partial charge in [-0.1, -0.05) is 0 Å². The molecule has 0 saturated carbocycles. The highest BCUT2D eigenvalue weighted by molar-refractivity contribution is 7.58. The Labute approximate surface area is 31.6 Å². The van der Waals surface area contributed by atoms with Crippen LogP contribution in [0.3, 0.4) is 0 Å². The van der Waals surface area contributed by atoms with Gasteiger partial charge in [0.2, 0.25) is 0 Å². The van der Waals surface area contributed by atoms with Crippen molar-refractivity contribution in [2.45, 2.75) is 0 Å². The molecule has 0 rings (SSSR count). The second-order valence-electron chi connectivity index (χ2n) is 0.604. The summed E-state index contributed by atoms with van der Waals surface area (Å²) in [5, 5.41) is 0. The Balaban J connectivity index is 1.97. The van der Waals surface area contributed by atoms with E-state index in [0.29, 0.717) is 0 Å². The van der Waals surface area contributed by atoms with Gasteiger partial charge in [0.15, 0.2) is 5.75 Å². The molecule has 0 bridgehead atoms. The number of rotatable bonds is 1. The molecule has 0 radical (unpaired) electrons. The highest BCUT2D eigenvalue weighted by Gasteiger charge is 1.68. The summed E-state index contributed by atoms with van der Waals surface area (Å²) in [7, 11) is 0. The van der Waals surface area contributed by atoms with E-state index in [4.69, 9.17) is 0 Å². The van der Waals surface area contributed by atoms with Crippen molar-refractivity contribution in [2.75, 3.05) is 12.3 Å². The van der Waals surface area contributed by atoms with Crippen LogP contribution in [0.1, 0.15) is 0 Å². The summed E-state index contributed by atoms with van der Waals surface area (Å²) in [5.41, 5.74) is 3.56. The highest BCUT2D eigenvalue weighted by atomic mass is 32.1. The van der Waals surface area contributed by atoms with Crippen LogP contribution in [0.5, 0.6) is 0 Å². The molecule has 0 spiro atoms. The summed E-state index contributed by atoms with van der Waals surface area (Å²) < 4.78 is 0. The standard InChI is InChI=1S/C2H7NS/c3-1-2-4/h4H,1-3H2/p+2. The Bertz CT molecular complexity index is 8.00. The van der Waals surface area contributed by atoms with E-state index in [2.05, 4.69) is 18.4 Å². The Hall–Kier alpha value is 0.310. The molecule has 0 aromatic rings. The molecule has 0 amide bonds. The molecule has 0 saturated heterocycles. The van der Waals surface area contributed by atoms with Crippen molar-refractivity contribution < 1.29 is 5.73 Å². The Morgan fingerprint density at radius 1 is 1.75 bits per heavy atom. The van der Waals surface area contributed by atoms with Gasteiger partial charge in [-0.05, 0) is 12.6 Å². The van der Waals surface area contributed by atoms with Crippen molar-refractivity contribution in [3.63, 3.8) is 0 Å². The maximum atomic E-state index is 3.56. The average molecular weight is 79.2 g/mol. The minimum absolute atomic E-state index is 0.983. The molecule has 2 heteroatoms. The summed E-state index contributed by atoms with van der Waals surface area (Å²) in [6.07, 6.45) is 0. The van der Waals surface area contributed by atoms with Crippen LogP contribution in [-0.2, 0) is 12.6 Å². The zero-order chi connectivity index (χ0) is 3.41. The van der Waals surface area contributed by atoms with E-state index in [1.54, 1.807) is 0 Å². The van der Waals surface area contributed by atoms with Crippen molar-refractivity contribution in [3.8, 4) is 0 Å². The van der Waals surface area contributed by atoms with Crippen molar-refractivity contribution in [1.29, 1.82) is 0 Å². The monoisotopic (exact) mass is 79.0 g/mol. The first kappa shape index (κ1) is 4.31. The maximum absolute atomic E-state index is 3.56. The molecular weight excluding hydrogens is 70.1 g/mol. The van der Waals surface area contributed by atoms with Gasteiger partial charge in [0, 0.05) is 0 Å². The zero-order valence-corrected chi connectivity index (χ0v) is 3.62. The molecular formula is C2H9NS+2. The van der Waals surface area contributed by atoms with Crippen LogP contribution >= 0.6 is 0 Å². The van der Waals surface area contributed by atoms with Gasteiger partial charge in [-0.15, -0.1) is 0 Å². The van der Waals surface area contributed by atoms with E-state index < -0.39 is 0 Å². The Kier molecular flexibility index (Phi) is 3.57. The predicted octanol–water partition coefficient (Wildman–Crippen LogP) is -1.76. The number of hydrogen-bond acceptors (Lipinski definition) is 0. The highest BCUT2D eigenvalue weighted by Crippen LogP contribution is 1.34. The van der Waals surface area contributed by atoms with Crippen molar-refractivity contribution in [2.24, 2.45) is 0 Å². The first-order chi connectivity index (χ1) is 1.91. The minimum Gasteiger partial charge on any atom is -0.354 e. The third kappa shape index (κ3) is 2.31. The van der Waals surface area contributed by atoms with Crippen LogP contribution in [0.15, 0.2) is 0 Å². The van der Waals surface area contributed by atoms with Crippen LogP contribution in [0.4, 0.5) is 0 Å². The molecule has 0 aromatic carbocycles. The summed E-state index contributed by atoms with van der Waals surface area (Å²) >= 11 is 3.23. The molecule has 0 heterocycles. The van der Waals surface area contributed by atoms with Gasteiger partial charge in [-0.2, -0.15) is 0 Å². The lowest BCUT2D eigenvalue weighted by atomic mass is 10.8. The molecule has 0 atom stereocenters. The molecule has 0 unspecified atom stereocenters. The third-order valence-electron chi connectivity index (χ3n) is 0.177. The first-order valence-corrected chi connectivity index (χ1v) is 2.06. The van der Waals surface area contributed by atoms with Crippen LogP contribution in [0.2, 0.25) is 0 Å². The molecule has 3 N–H and O–H groups in total. The fourth-order valence-electron chi connectivity index (χ4n) is 0. The van der Waals surface area contributed by atoms with Crippen molar-refractivity contribution in [3.05, 3.63) is 0 Å². The van der Waals surface area contributed by atoms with Gasteiger partial charge in [-0.25, -0.2) is 0 Å². The lowest BCUT2D eigenvalue weighted by Crippen LogP contribution is -2.51. The summed E-state index contributed by atoms with van der Waals surface area (Å²) in [6.45, 7) is 0.983. The van der Waals surface area contributed by atoms with E-state index in [9.17, 15) is 0 Å². The van der Waals surface area contributed by atoms with Gasteiger partial charge >= 0.3 is 0 Å². The van der Waals surface area contributed by atoms with Gasteiger partial charge in [-0.3, -0.25) is 0 Å². The summed E-state index contributed by atoms with van der Waals surface area (Å²) in [6, 6.07) is 0. The van der Waals surface area contributed by atoms with Gasteiger partial charge in [0.05, 0.1) is 0 Å². The van der Waals surface area contributed by atoms with Gasteiger partial charge < -0.3 is 5.73 Å². The zero-order valence-electron chi connectivity index (χ0n) is 2.62. The second-order valence-corrected chi connectivity index (χ2v) is 1.10. The lowest BCUT2D eigenvalue weighted by Gasteiger charge is -1.59. The number of quaternary nitrogens is 1. The molecule has 1 nitrogen and oxygen atoms in total. The molecule has 0 aliphatic heterocycles. The van der Waals surface area contributed by atoms with Crippen molar-refractivity contribution >= 4 is 12.6 Å². The van der Waals surface area contributed by atoms with E-state index in [-0.39, 0.29) is 0 Å². The van der Waals surface area contributed by atoms with Gasteiger partial charge in [0.1, 0.15) is 6.54 Å².